The molecule has 2 rings (SSSR count). The van der Waals surface area contributed by atoms with E-state index < -0.39 is 0 Å². The molecule has 2 aromatic rings. The van der Waals surface area contributed by atoms with Gasteiger partial charge in [0.15, 0.2) is 11.5 Å². The first kappa shape index (κ1) is 14.5. The zero-order valence-electron chi connectivity index (χ0n) is 11.6. The molecule has 2 aromatic heterocycles. The smallest absolute Gasteiger partial charge is 0.276 e. The predicted octanol–water partition coefficient (Wildman–Crippen LogP) is 1.98. The number of carbonyl (C=O) groups is 1. The molecule has 0 aliphatic carbocycles. The molecule has 0 aliphatic heterocycles. The maximum atomic E-state index is 12.4. The van der Waals surface area contributed by atoms with Crippen LogP contribution in [-0.2, 0) is 13.0 Å². The Morgan fingerprint density at radius 3 is 2.70 bits per heavy atom. The largest absolute Gasteiger partial charge is 0.337 e. The number of hydrogen-bond donors (Lipinski definition) is 1. The molecule has 0 spiro atoms. The van der Waals surface area contributed by atoms with E-state index >= 15 is 0 Å². The first-order valence-electron chi connectivity index (χ1n) is 6.38. The minimum absolute atomic E-state index is 0.209. The summed E-state index contributed by atoms with van der Waals surface area (Å²) in [6.45, 7) is 6.29. The quantitative estimate of drug-likeness (QED) is 0.911. The van der Waals surface area contributed by atoms with Gasteiger partial charge in [-0.15, -0.1) is 0 Å². The average molecular weight is 298 g/mol. The molecule has 8 heteroatoms. The lowest BCUT2D eigenvalue weighted by Gasteiger charge is -2.17. The molecule has 2 heterocycles. The number of nitrogens with zero attached hydrogens (tertiary/aromatic N) is 4. The summed E-state index contributed by atoms with van der Waals surface area (Å²) >= 11 is 6.04. The van der Waals surface area contributed by atoms with E-state index in [1.165, 1.54) is 0 Å². The summed E-state index contributed by atoms with van der Waals surface area (Å²) in [7, 11) is 0. The Morgan fingerprint density at radius 1 is 1.45 bits per heavy atom. The molecule has 1 N–H and O–H groups in total. The molecule has 0 aliphatic rings. The number of H-pyrrole nitrogens is 1. The van der Waals surface area contributed by atoms with Crippen LogP contribution in [-0.4, -0.2) is 37.7 Å². The van der Waals surface area contributed by atoms with Crippen molar-refractivity contribution in [1.82, 2.24) is 25.2 Å². The molecular weight excluding hydrogens is 282 g/mol. The lowest BCUT2D eigenvalue weighted by atomic mass is 10.3. The van der Waals surface area contributed by atoms with Gasteiger partial charge in [-0.2, -0.15) is 10.1 Å². The Labute approximate surface area is 121 Å². The van der Waals surface area contributed by atoms with E-state index in [1.807, 2.05) is 13.8 Å². The van der Waals surface area contributed by atoms with E-state index in [0.29, 0.717) is 35.4 Å². The lowest BCUT2D eigenvalue weighted by Crippen LogP contribution is -2.31. The normalized spacial score (nSPS) is 10.8. The van der Waals surface area contributed by atoms with Crippen LogP contribution in [0.15, 0.2) is 4.52 Å². The van der Waals surface area contributed by atoms with Crippen molar-refractivity contribution in [2.45, 2.75) is 33.7 Å². The number of aromatic amines is 1. The highest BCUT2D eigenvalue weighted by atomic mass is 35.5. The van der Waals surface area contributed by atoms with Crippen LogP contribution in [0.4, 0.5) is 0 Å². The van der Waals surface area contributed by atoms with Crippen molar-refractivity contribution in [3.05, 3.63) is 28.1 Å². The molecule has 0 radical (unpaired) electrons. The number of aromatic nitrogens is 4. The van der Waals surface area contributed by atoms with Gasteiger partial charge in [0.25, 0.3) is 5.91 Å². The summed E-state index contributed by atoms with van der Waals surface area (Å²) in [5.41, 5.74) is 0.873. The highest BCUT2D eigenvalue weighted by molar-refractivity contribution is 6.34. The molecule has 0 fully saturated rings. The van der Waals surface area contributed by atoms with E-state index in [-0.39, 0.29) is 18.1 Å². The Hall–Kier alpha value is -1.89. The monoisotopic (exact) mass is 297 g/mol. The van der Waals surface area contributed by atoms with Crippen molar-refractivity contribution in [3.63, 3.8) is 0 Å². The molecule has 7 nitrogen and oxygen atoms in total. The lowest BCUT2D eigenvalue weighted by molar-refractivity contribution is 0.0728. The van der Waals surface area contributed by atoms with Crippen molar-refractivity contribution < 1.29 is 9.32 Å². The molecule has 0 bridgehead atoms. The van der Waals surface area contributed by atoms with Gasteiger partial charge in [-0.05, 0) is 13.8 Å². The summed E-state index contributed by atoms with van der Waals surface area (Å²) < 4.78 is 5.09. The van der Waals surface area contributed by atoms with Gasteiger partial charge in [0.1, 0.15) is 6.54 Å². The number of rotatable bonds is 5. The van der Waals surface area contributed by atoms with E-state index in [4.69, 9.17) is 16.1 Å². The SMILES string of the molecule is CCc1noc(CN(CC)C(=O)c2n[nH]c(C)c2Cl)n1. The topological polar surface area (TPSA) is 87.9 Å². The zero-order valence-corrected chi connectivity index (χ0v) is 12.4. The fourth-order valence-electron chi connectivity index (χ4n) is 1.70. The molecular formula is C12H16ClN5O2. The summed E-state index contributed by atoms with van der Waals surface area (Å²) in [6, 6.07) is 0. The molecule has 0 unspecified atom stereocenters. The van der Waals surface area contributed by atoms with Gasteiger partial charge in [-0.25, -0.2) is 0 Å². The van der Waals surface area contributed by atoms with Crippen LogP contribution in [0.5, 0.6) is 0 Å². The molecule has 0 saturated heterocycles. The average Bonchev–Trinajstić information content (AvgIpc) is 3.03. The summed E-state index contributed by atoms with van der Waals surface area (Å²) in [5.74, 6) is 0.760. The van der Waals surface area contributed by atoms with Gasteiger partial charge < -0.3 is 9.42 Å². The summed E-state index contributed by atoms with van der Waals surface area (Å²) in [5, 5.41) is 10.8. The van der Waals surface area contributed by atoms with Crippen molar-refractivity contribution in [2.75, 3.05) is 6.54 Å². The minimum Gasteiger partial charge on any atom is -0.337 e. The van der Waals surface area contributed by atoms with Crippen LogP contribution < -0.4 is 0 Å². The molecule has 0 saturated carbocycles. The fourth-order valence-corrected chi connectivity index (χ4v) is 1.86. The second kappa shape index (κ2) is 6.04. The maximum Gasteiger partial charge on any atom is 0.276 e. The third-order valence-electron chi connectivity index (χ3n) is 2.90. The van der Waals surface area contributed by atoms with Crippen molar-refractivity contribution in [3.8, 4) is 0 Å². The molecule has 0 aromatic carbocycles. The van der Waals surface area contributed by atoms with Crippen molar-refractivity contribution >= 4 is 17.5 Å². The van der Waals surface area contributed by atoms with Gasteiger partial charge in [0.05, 0.1) is 10.7 Å². The second-order valence-corrected chi connectivity index (χ2v) is 4.67. The van der Waals surface area contributed by atoms with Gasteiger partial charge in [0, 0.05) is 13.0 Å². The van der Waals surface area contributed by atoms with Crippen LogP contribution in [0, 0.1) is 6.92 Å². The minimum atomic E-state index is -0.266. The van der Waals surface area contributed by atoms with Gasteiger partial charge in [0.2, 0.25) is 5.89 Å². The zero-order chi connectivity index (χ0) is 14.7. The Balaban J connectivity index is 2.15. The summed E-state index contributed by atoms with van der Waals surface area (Å²) in [6.07, 6.45) is 0.688. The standard InChI is InChI=1S/C12H16ClN5O2/c1-4-8-14-9(20-17-8)6-18(5-2)12(19)11-10(13)7(3)15-16-11/h4-6H2,1-3H3,(H,15,16). The van der Waals surface area contributed by atoms with Crippen LogP contribution >= 0.6 is 11.6 Å². The van der Waals surface area contributed by atoms with E-state index in [9.17, 15) is 4.79 Å². The van der Waals surface area contributed by atoms with Crippen molar-refractivity contribution in [2.24, 2.45) is 0 Å². The number of halogens is 1. The maximum absolute atomic E-state index is 12.4. The second-order valence-electron chi connectivity index (χ2n) is 4.29. The fraction of sp³-hybridized carbons (Fsp3) is 0.500. The number of hydrogen-bond acceptors (Lipinski definition) is 5. The number of amides is 1. The number of carbonyl (C=O) groups excluding carboxylic acids is 1. The van der Waals surface area contributed by atoms with E-state index in [2.05, 4.69) is 20.3 Å². The Kier molecular flexibility index (Phi) is 4.39. The van der Waals surface area contributed by atoms with Crippen LogP contribution in [0.2, 0.25) is 5.02 Å². The highest BCUT2D eigenvalue weighted by Crippen LogP contribution is 2.19. The first-order chi connectivity index (χ1) is 9.56. The molecule has 20 heavy (non-hydrogen) atoms. The van der Waals surface area contributed by atoms with E-state index in [0.717, 1.165) is 0 Å². The molecule has 1 amide bonds. The van der Waals surface area contributed by atoms with Crippen LogP contribution in [0.25, 0.3) is 0 Å². The number of nitrogens with one attached hydrogen (secondary N) is 1. The molecule has 108 valence electrons. The predicted molar refractivity (Wildman–Crippen MR) is 72.4 cm³/mol. The third kappa shape index (κ3) is 2.82. The third-order valence-corrected chi connectivity index (χ3v) is 3.36. The van der Waals surface area contributed by atoms with Gasteiger partial charge >= 0.3 is 0 Å². The summed E-state index contributed by atoms with van der Waals surface area (Å²) in [4.78, 5) is 18.1. The highest BCUT2D eigenvalue weighted by Gasteiger charge is 2.23. The Morgan fingerprint density at radius 2 is 2.20 bits per heavy atom. The molecule has 0 atom stereocenters. The van der Waals surface area contributed by atoms with Crippen LogP contribution in [0.1, 0.15) is 41.7 Å². The van der Waals surface area contributed by atoms with Gasteiger partial charge in [-0.1, -0.05) is 23.7 Å². The van der Waals surface area contributed by atoms with Crippen molar-refractivity contribution in [1.29, 1.82) is 0 Å². The Bertz CT molecular complexity index is 607. The number of aryl methyl sites for hydroxylation is 2. The van der Waals surface area contributed by atoms with Gasteiger partial charge in [-0.3, -0.25) is 9.89 Å². The first-order valence-corrected chi connectivity index (χ1v) is 6.75. The van der Waals surface area contributed by atoms with Crippen LogP contribution in [0.3, 0.4) is 0 Å². The van der Waals surface area contributed by atoms with E-state index in [1.54, 1.807) is 11.8 Å².